The Hall–Kier alpha value is -3.29. The molecular weight excluding hydrogens is 317 g/mol. The summed E-state index contributed by atoms with van der Waals surface area (Å²) in [7, 11) is 1.34. The SMILES string of the molecule is CN(CC(=O)Nc1ccccc1)C(=O)c1ccc([N+](=O)[O-])cc1F. The van der Waals surface area contributed by atoms with Crippen LogP contribution in [0.4, 0.5) is 15.8 Å². The standard InChI is InChI=1S/C16H14FN3O4/c1-19(10-15(21)18-11-5-3-2-4-6-11)16(22)13-8-7-12(20(23)24)9-14(13)17/h2-9H,10H2,1H3,(H,18,21). The van der Waals surface area contributed by atoms with Gasteiger partial charge >= 0.3 is 0 Å². The Balaban J connectivity index is 2.04. The van der Waals surface area contributed by atoms with E-state index in [1.807, 2.05) is 0 Å². The van der Waals surface area contributed by atoms with Gasteiger partial charge in [-0.3, -0.25) is 19.7 Å². The lowest BCUT2D eigenvalue weighted by molar-refractivity contribution is -0.385. The molecule has 0 aliphatic rings. The molecule has 2 rings (SSSR count). The fourth-order valence-electron chi connectivity index (χ4n) is 2.01. The quantitative estimate of drug-likeness (QED) is 0.673. The largest absolute Gasteiger partial charge is 0.332 e. The molecule has 124 valence electrons. The van der Waals surface area contributed by atoms with E-state index in [9.17, 15) is 24.1 Å². The molecule has 0 heterocycles. The molecule has 8 heteroatoms. The second-order valence-electron chi connectivity index (χ2n) is 5.00. The molecule has 0 saturated carbocycles. The maximum absolute atomic E-state index is 13.9. The summed E-state index contributed by atoms with van der Waals surface area (Å²) >= 11 is 0. The number of nitrogens with one attached hydrogen (secondary N) is 1. The van der Waals surface area contributed by atoms with E-state index in [1.165, 1.54) is 7.05 Å². The number of para-hydroxylation sites is 1. The lowest BCUT2D eigenvalue weighted by Gasteiger charge is -2.17. The van der Waals surface area contributed by atoms with Crippen molar-refractivity contribution in [2.75, 3.05) is 18.9 Å². The lowest BCUT2D eigenvalue weighted by Crippen LogP contribution is -2.35. The van der Waals surface area contributed by atoms with Crippen LogP contribution in [0.3, 0.4) is 0 Å². The molecule has 0 aliphatic heterocycles. The number of rotatable bonds is 5. The predicted molar refractivity (Wildman–Crippen MR) is 85.1 cm³/mol. The van der Waals surface area contributed by atoms with Crippen LogP contribution in [0.25, 0.3) is 0 Å². The van der Waals surface area contributed by atoms with E-state index in [-0.39, 0.29) is 12.1 Å². The van der Waals surface area contributed by atoms with Crippen molar-refractivity contribution in [3.05, 3.63) is 70.0 Å². The highest BCUT2D eigenvalue weighted by molar-refractivity contribution is 5.99. The van der Waals surface area contributed by atoms with Gasteiger partial charge in [0, 0.05) is 18.8 Å². The van der Waals surface area contributed by atoms with Crippen LogP contribution in [0.15, 0.2) is 48.5 Å². The van der Waals surface area contributed by atoms with Crippen molar-refractivity contribution in [1.29, 1.82) is 0 Å². The average Bonchev–Trinajstić information content (AvgIpc) is 2.54. The molecule has 0 aromatic heterocycles. The number of nitro benzene ring substituents is 1. The molecule has 0 bridgehead atoms. The molecular formula is C16H14FN3O4. The smallest absolute Gasteiger partial charge is 0.272 e. The van der Waals surface area contributed by atoms with E-state index in [0.717, 1.165) is 17.0 Å². The van der Waals surface area contributed by atoms with Gasteiger partial charge in [0.1, 0.15) is 5.82 Å². The fraction of sp³-hybridized carbons (Fsp3) is 0.125. The van der Waals surface area contributed by atoms with Gasteiger partial charge in [-0.2, -0.15) is 0 Å². The van der Waals surface area contributed by atoms with E-state index in [4.69, 9.17) is 0 Å². The van der Waals surface area contributed by atoms with Crippen molar-refractivity contribution in [3.8, 4) is 0 Å². The third-order valence-electron chi connectivity index (χ3n) is 3.18. The van der Waals surface area contributed by atoms with Gasteiger partial charge in [0.25, 0.3) is 11.6 Å². The first-order chi connectivity index (χ1) is 11.4. The highest BCUT2D eigenvalue weighted by atomic mass is 19.1. The summed E-state index contributed by atoms with van der Waals surface area (Å²) in [4.78, 5) is 34.9. The van der Waals surface area contributed by atoms with Crippen LogP contribution in [0.2, 0.25) is 0 Å². The van der Waals surface area contributed by atoms with Gasteiger partial charge in [0.05, 0.1) is 23.1 Å². The second-order valence-corrected chi connectivity index (χ2v) is 5.00. The zero-order chi connectivity index (χ0) is 17.7. The molecule has 0 atom stereocenters. The van der Waals surface area contributed by atoms with Crippen molar-refractivity contribution in [1.82, 2.24) is 4.90 Å². The molecule has 0 unspecified atom stereocenters. The van der Waals surface area contributed by atoms with Crippen molar-refractivity contribution >= 4 is 23.2 Å². The van der Waals surface area contributed by atoms with Crippen molar-refractivity contribution < 1.29 is 18.9 Å². The highest BCUT2D eigenvalue weighted by Crippen LogP contribution is 2.17. The summed E-state index contributed by atoms with van der Waals surface area (Å²) in [5.41, 5.74) is -0.214. The molecule has 0 aliphatic carbocycles. The van der Waals surface area contributed by atoms with Gasteiger partial charge in [0.2, 0.25) is 5.91 Å². The zero-order valence-corrected chi connectivity index (χ0v) is 12.7. The van der Waals surface area contributed by atoms with Gasteiger partial charge in [-0.05, 0) is 18.2 Å². The third kappa shape index (κ3) is 4.13. The number of hydrogen-bond donors (Lipinski definition) is 1. The van der Waals surface area contributed by atoms with Crippen LogP contribution in [-0.4, -0.2) is 35.2 Å². The average molecular weight is 331 g/mol. The number of benzene rings is 2. The molecule has 2 amide bonds. The fourth-order valence-corrected chi connectivity index (χ4v) is 2.01. The highest BCUT2D eigenvalue weighted by Gasteiger charge is 2.20. The number of nitro groups is 1. The first kappa shape index (κ1) is 17.1. The number of carbonyl (C=O) groups is 2. The molecule has 0 spiro atoms. The van der Waals surface area contributed by atoms with Gasteiger partial charge in [-0.25, -0.2) is 4.39 Å². The van der Waals surface area contributed by atoms with Crippen LogP contribution in [0.5, 0.6) is 0 Å². The van der Waals surface area contributed by atoms with Gasteiger partial charge in [-0.15, -0.1) is 0 Å². The Morgan fingerprint density at radius 1 is 1.21 bits per heavy atom. The molecule has 7 nitrogen and oxygen atoms in total. The van der Waals surface area contributed by atoms with E-state index in [2.05, 4.69) is 5.32 Å². The number of non-ortho nitro benzene ring substituents is 1. The minimum absolute atomic E-state index is 0.288. The van der Waals surface area contributed by atoms with Crippen molar-refractivity contribution in [2.45, 2.75) is 0 Å². The summed E-state index contributed by atoms with van der Waals surface area (Å²) in [6, 6.07) is 11.4. The van der Waals surface area contributed by atoms with Crippen molar-refractivity contribution in [3.63, 3.8) is 0 Å². The number of likely N-dealkylation sites (N-methyl/N-ethyl adjacent to an activating group) is 1. The molecule has 2 aromatic carbocycles. The van der Waals surface area contributed by atoms with Crippen LogP contribution in [0, 0.1) is 15.9 Å². The molecule has 1 N–H and O–H groups in total. The monoisotopic (exact) mass is 331 g/mol. The topological polar surface area (TPSA) is 92.6 Å². The van der Waals surface area contributed by atoms with Crippen LogP contribution < -0.4 is 5.32 Å². The Morgan fingerprint density at radius 3 is 2.46 bits per heavy atom. The number of hydrogen-bond acceptors (Lipinski definition) is 4. The first-order valence-corrected chi connectivity index (χ1v) is 6.93. The Kier molecular flexibility index (Phi) is 5.20. The summed E-state index contributed by atoms with van der Waals surface area (Å²) in [5.74, 6) is -2.20. The van der Waals surface area contributed by atoms with E-state index in [0.29, 0.717) is 11.8 Å². The van der Waals surface area contributed by atoms with Crippen molar-refractivity contribution in [2.24, 2.45) is 0 Å². The van der Waals surface area contributed by atoms with Gasteiger partial charge in [0.15, 0.2) is 0 Å². The number of halogens is 1. The Morgan fingerprint density at radius 2 is 1.88 bits per heavy atom. The normalized spacial score (nSPS) is 10.1. The molecule has 24 heavy (non-hydrogen) atoms. The van der Waals surface area contributed by atoms with Crippen LogP contribution in [0.1, 0.15) is 10.4 Å². The molecule has 0 saturated heterocycles. The summed E-state index contributed by atoms with van der Waals surface area (Å²) in [5, 5.41) is 13.2. The van der Waals surface area contributed by atoms with Gasteiger partial charge < -0.3 is 10.2 Å². The summed E-state index contributed by atoms with van der Waals surface area (Å²) in [6.07, 6.45) is 0. The lowest BCUT2D eigenvalue weighted by atomic mass is 10.1. The number of anilines is 1. The Bertz CT molecular complexity index is 780. The summed E-state index contributed by atoms with van der Waals surface area (Å²) in [6.45, 7) is -0.288. The maximum Gasteiger partial charge on any atom is 0.272 e. The van der Waals surface area contributed by atoms with E-state index >= 15 is 0 Å². The zero-order valence-electron chi connectivity index (χ0n) is 12.7. The molecule has 2 aromatic rings. The third-order valence-corrected chi connectivity index (χ3v) is 3.18. The minimum atomic E-state index is -1.01. The molecule has 0 fully saturated rings. The number of carbonyl (C=O) groups excluding carboxylic acids is 2. The number of nitrogens with zero attached hydrogens (tertiary/aromatic N) is 2. The first-order valence-electron chi connectivity index (χ1n) is 6.93. The predicted octanol–water partition coefficient (Wildman–Crippen LogP) is 2.44. The maximum atomic E-state index is 13.9. The second kappa shape index (κ2) is 7.32. The summed E-state index contributed by atoms with van der Waals surface area (Å²) < 4.78 is 13.9. The van der Waals surface area contributed by atoms with Crippen LogP contribution >= 0.6 is 0 Å². The van der Waals surface area contributed by atoms with Crippen LogP contribution in [-0.2, 0) is 4.79 Å². The van der Waals surface area contributed by atoms with Gasteiger partial charge in [-0.1, -0.05) is 18.2 Å². The van der Waals surface area contributed by atoms with E-state index in [1.54, 1.807) is 30.3 Å². The minimum Gasteiger partial charge on any atom is -0.332 e. The number of amides is 2. The Labute approximate surface area is 136 Å². The van der Waals surface area contributed by atoms with E-state index < -0.39 is 28.2 Å². The molecule has 0 radical (unpaired) electrons.